The van der Waals surface area contributed by atoms with Gasteiger partial charge in [-0.3, -0.25) is 4.98 Å². The molecule has 1 aromatic carbocycles. The standard InChI is InChI=1S/C16H14N2O2S/c1-3-8-21-14-6-4-13(5-7-14)11-20-16(19)15-10-17-12(2)9-18-15/h1,4-7,9-10H,8,11H2,2H3. The molecule has 0 N–H and O–H groups in total. The Morgan fingerprint density at radius 2 is 2.05 bits per heavy atom. The highest BCUT2D eigenvalue weighted by Crippen LogP contribution is 2.18. The zero-order valence-electron chi connectivity index (χ0n) is 11.6. The molecular weight excluding hydrogens is 284 g/mol. The van der Waals surface area contributed by atoms with Crippen LogP contribution in [0.4, 0.5) is 0 Å². The van der Waals surface area contributed by atoms with Crippen molar-refractivity contribution in [3.05, 3.63) is 53.6 Å². The summed E-state index contributed by atoms with van der Waals surface area (Å²) in [7, 11) is 0. The minimum absolute atomic E-state index is 0.203. The van der Waals surface area contributed by atoms with Crippen molar-refractivity contribution in [2.24, 2.45) is 0 Å². The number of carbonyl (C=O) groups excluding carboxylic acids is 1. The van der Waals surface area contributed by atoms with Gasteiger partial charge in [-0.15, -0.1) is 18.2 Å². The number of terminal acetylenes is 1. The number of aromatic nitrogens is 2. The fourth-order valence-electron chi connectivity index (χ4n) is 1.53. The molecule has 0 amide bonds. The molecule has 4 nitrogen and oxygen atoms in total. The van der Waals surface area contributed by atoms with Gasteiger partial charge in [0.25, 0.3) is 0 Å². The van der Waals surface area contributed by atoms with Crippen LogP contribution < -0.4 is 0 Å². The molecule has 2 aromatic rings. The van der Waals surface area contributed by atoms with Crippen molar-refractivity contribution < 1.29 is 9.53 Å². The fourth-order valence-corrected chi connectivity index (χ4v) is 2.11. The van der Waals surface area contributed by atoms with Crippen molar-refractivity contribution in [1.29, 1.82) is 0 Å². The summed E-state index contributed by atoms with van der Waals surface area (Å²) in [6, 6.07) is 7.73. The summed E-state index contributed by atoms with van der Waals surface area (Å²) in [4.78, 5) is 20.9. The van der Waals surface area contributed by atoms with Gasteiger partial charge in [0, 0.05) is 11.1 Å². The smallest absolute Gasteiger partial charge is 0.358 e. The van der Waals surface area contributed by atoms with E-state index in [0.29, 0.717) is 5.75 Å². The first kappa shape index (κ1) is 15.1. The zero-order valence-corrected chi connectivity index (χ0v) is 12.4. The lowest BCUT2D eigenvalue weighted by molar-refractivity contribution is 0.0465. The molecule has 0 radical (unpaired) electrons. The van der Waals surface area contributed by atoms with Gasteiger partial charge in [-0.1, -0.05) is 18.1 Å². The molecule has 2 rings (SSSR count). The SMILES string of the molecule is C#CCSc1ccc(COC(=O)c2cnc(C)cn2)cc1. The van der Waals surface area contributed by atoms with E-state index in [1.54, 1.807) is 11.8 Å². The number of rotatable bonds is 5. The monoisotopic (exact) mass is 298 g/mol. The molecule has 1 aromatic heterocycles. The first-order valence-electron chi connectivity index (χ1n) is 6.30. The van der Waals surface area contributed by atoms with Gasteiger partial charge in [0.2, 0.25) is 0 Å². The molecule has 0 aliphatic heterocycles. The molecule has 1 heterocycles. The number of nitrogens with zero attached hydrogens (tertiary/aromatic N) is 2. The van der Waals surface area contributed by atoms with Gasteiger partial charge in [-0.2, -0.15) is 0 Å². The molecule has 0 spiro atoms. The van der Waals surface area contributed by atoms with Crippen LogP contribution in [-0.2, 0) is 11.3 Å². The summed E-state index contributed by atoms with van der Waals surface area (Å²) in [5.74, 6) is 2.73. The Morgan fingerprint density at radius 3 is 2.67 bits per heavy atom. The van der Waals surface area contributed by atoms with E-state index >= 15 is 0 Å². The van der Waals surface area contributed by atoms with Crippen molar-refractivity contribution in [3.63, 3.8) is 0 Å². The zero-order chi connectivity index (χ0) is 15.1. The maximum atomic E-state index is 11.8. The maximum absolute atomic E-state index is 11.8. The second-order valence-corrected chi connectivity index (χ2v) is 5.30. The molecule has 21 heavy (non-hydrogen) atoms. The van der Waals surface area contributed by atoms with Crippen molar-refractivity contribution in [1.82, 2.24) is 9.97 Å². The van der Waals surface area contributed by atoms with E-state index in [0.717, 1.165) is 16.2 Å². The lowest BCUT2D eigenvalue weighted by Crippen LogP contribution is -2.08. The average Bonchev–Trinajstić information content (AvgIpc) is 2.52. The molecular formula is C16H14N2O2S. The Balaban J connectivity index is 1.89. The third-order valence-corrected chi connectivity index (χ3v) is 3.52. The van der Waals surface area contributed by atoms with E-state index in [9.17, 15) is 4.79 Å². The molecule has 5 heteroatoms. The van der Waals surface area contributed by atoms with Crippen molar-refractivity contribution in [3.8, 4) is 12.3 Å². The van der Waals surface area contributed by atoms with Gasteiger partial charge < -0.3 is 4.74 Å². The summed E-state index contributed by atoms with van der Waals surface area (Å²) in [5, 5.41) is 0. The lowest BCUT2D eigenvalue weighted by atomic mass is 10.2. The molecule has 0 saturated carbocycles. The molecule has 0 atom stereocenters. The van der Waals surface area contributed by atoms with E-state index in [4.69, 9.17) is 11.2 Å². The number of aryl methyl sites for hydroxylation is 1. The number of hydrogen-bond acceptors (Lipinski definition) is 5. The third-order valence-electron chi connectivity index (χ3n) is 2.61. The minimum atomic E-state index is -0.478. The molecule has 0 unspecified atom stereocenters. The Bertz CT molecular complexity index is 645. The normalized spacial score (nSPS) is 9.90. The number of esters is 1. The van der Waals surface area contributed by atoms with E-state index in [2.05, 4.69) is 15.9 Å². The Labute approximate surface area is 128 Å². The minimum Gasteiger partial charge on any atom is -0.456 e. The molecule has 0 saturated heterocycles. The van der Waals surface area contributed by atoms with Crippen LogP contribution in [-0.4, -0.2) is 21.7 Å². The number of hydrogen-bond donors (Lipinski definition) is 0. The average molecular weight is 298 g/mol. The van der Waals surface area contributed by atoms with Gasteiger partial charge in [0.15, 0.2) is 5.69 Å². The number of benzene rings is 1. The van der Waals surface area contributed by atoms with E-state index in [-0.39, 0.29) is 12.3 Å². The summed E-state index contributed by atoms with van der Waals surface area (Å²) in [6.45, 7) is 2.01. The van der Waals surface area contributed by atoms with Crippen LogP contribution in [0.25, 0.3) is 0 Å². The molecule has 0 aliphatic rings. The first-order valence-corrected chi connectivity index (χ1v) is 7.28. The highest BCUT2D eigenvalue weighted by Gasteiger charge is 2.09. The third kappa shape index (κ3) is 4.62. The Kier molecular flexibility index (Phi) is 5.35. The van der Waals surface area contributed by atoms with Crippen LogP contribution >= 0.6 is 11.8 Å². The van der Waals surface area contributed by atoms with Crippen molar-refractivity contribution >= 4 is 17.7 Å². The predicted octanol–water partition coefficient (Wildman–Crippen LogP) is 2.87. The van der Waals surface area contributed by atoms with E-state index in [1.165, 1.54) is 12.4 Å². The van der Waals surface area contributed by atoms with Crippen LogP contribution in [0.1, 0.15) is 21.7 Å². The quantitative estimate of drug-likeness (QED) is 0.482. The van der Waals surface area contributed by atoms with Crippen LogP contribution in [0.5, 0.6) is 0 Å². The van der Waals surface area contributed by atoms with Gasteiger partial charge in [0.05, 0.1) is 17.6 Å². The highest BCUT2D eigenvalue weighted by atomic mass is 32.2. The maximum Gasteiger partial charge on any atom is 0.358 e. The Hall–Kier alpha value is -2.32. The summed E-state index contributed by atoms with van der Waals surface area (Å²) in [6.07, 6.45) is 8.16. The largest absolute Gasteiger partial charge is 0.456 e. The molecule has 0 fully saturated rings. The lowest BCUT2D eigenvalue weighted by Gasteiger charge is -2.05. The van der Waals surface area contributed by atoms with Crippen LogP contribution in [0.2, 0.25) is 0 Å². The van der Waals surface area contributed by atoms with Crippen molar-refractivity contribution in [2.75, 3.05) is 5.75 Å². The van der Waals surface area contributed by atoms with E-state index in [1.807, 2.05) is 31.2 Å². The molecule has 106 valence electrons. The first-order chi connectivity index (χ1) is 10.2. The summed E-state index contributed by atoms with van der Waals surface area (Å²) < 4.78 is 5.19. The van der Waals surface area contributed by atoms with Crippen LogP contribution in [0.3, 0.4) is 0 Å². The van der Waals surface area contributed by atoms with Gasteiger partial charge in [0.1, 0.15) is 6.61 Å². The predicted molar refractivity (Wildman–Crippen MR) is 81.9 cm³/mol. The van der Waals surface area contributed by atoms with E-state index < -0.39 is 5.97 Å². The Morgan fingerprint density at radius 1 is 1.29 bits per heavy atom. The van der Waals surface area contributed by atoms with Gasteiger partial charge in [-0.05, 0) is 24.6 Å². The number of carbonyl (C=O) groups is 1. The second kappa shape index (κ2) is 7.46. The summed E-state index contributed by atoms with van der Waals surface area (Å²) >= 11 is 1.59. The number of ether oxygens (including phenoxy) is 1. The van der Waals surface area contributed by atoms with Gasteiger partial charge >= 0.3 is 5.97 Å². The van der Waals surface area contributed by atoms with Crippen molar-refractivity contribution in [2.45, 2.75) is 18.4 Å². The topological polar surface area (TPSA) is 52.1 Å². The van der Waals surface area contributed by atoms with Crippen LogP contribution in [0.15, 0.2) is 41.6 Å². The highest BCUT2D eigenvalue weighted by molar-refractivity contribution is 7.99. The summed E-state index contributed by atoms with van der Waals surface area (Å²) in [5.41, 5.74) is 1.88. The second-order valence-electron chi connectivity index (χ2n) is 4.26. The fraction of sp³-hybridized carbons (Fsp3) is 0.188. The molecule has 0 aliphatic carbocycles. The van der Waals surface area contributed by atoms with Gasteiger partial charge in [-0.25, -0.2) is 9.78 Å². The number of thioether (sulfide) groups is 1. The molecule has 0 bridgehead atoms. The van der Waals surface area contributed by atoms with Crippen LogP contribution in [0, 0.1) is 19.3 Å².